The molecule has 1 saturated heterocycles. The van der Waals surface area contributed by atoms with Crippen LogP contribution in [0.3, 0.4) is 0 Å². The number of fused-ring (bicyclic) bond motifs is 1. The number of halogens is 3. The molecule has 27 heavy (non-hydrogen) atoms. The smallest absolute Gasteiger partial charge is 0.347 e. The fourth-order valence-electron chi connectivity index (χ4n) is 3.46. The van der Waals surface area contributed by atoms with E-state index in [-0.39, 0.29) is 5.91 Å². The van der Waals surface area contributed by atoms with Crippen LogP contribution in [0.4, 0.5) is 18.9 Å². The maximum Gasteiger partial charge on any atom is 0.416 e. The van der Waals surface area contributed by atoms with Crippen molar-refractivity contribution in [1.29, 1.82) is 0 Å². The third-order valence-electron chi connectivity index (χ3n) is 4.94. The molecule has 3 rings (SSSR count). The van der Waals surface area contributed by atoms with Gasteiger partial charge in [0.05, 0.1) is 10.5 Å². The summed E-state index contributed by atoms with van der Waals surface area (Å²) in [6, 6.07) is 3.82. The zero-order valence-electron chi connectivity index (χ0n) is 15.3. The molecule has 0 N–H and O–H groups in total. The number of anilines is 1. The minimum atomic E-state index is -4.39. The van der Waals surface area contributed by atoms with Gasteiger partial charge in [0.1, 0.15) is 4.32 Å². The zero-order valence-corrected chi connectivity index (χ0v) is 17.0. The van der Waals surface area contributed by atoms with Gasteiger partial charge in [-0.1, -0.05) is 43.9 Å². The Hall–Kier alpha value is -1.80. The summed E-state index contributed by atoms with van der Waals surface area (Å²) in [6.07, 6.45) is -0.880. The van der Waals surface area contributed by atoms with Crippen LogP contribution >= 0.6 is 24.0 Å². The predicted molar refractivity (Wildman–Crippen MR) is 107 cm³/mol. The molecule has 1 fully saturated rings. The number of likely N-dealkylation sites (N-methyl/N-ethyl adjacent to an activating group) is 2. The Kier molecular flexibility index (Phi) is 4.93. The number of alkyl halides is 3. The number of carbonyl (C=O) groups is 1. The largest absolute Gasteiger partial charge is 0.416 e. The van der Waals surface area contributed by atoms with Crippen LogP contribution in [0.5, 0.6) is 0 Å². The Balaban J connectivity index is 2.00. The summed E-state index contributed by atoms with van der Waals surface area (Å²) in [5, 5.41) is 0. The van der Waals surface area contributed by atoms with Crippen molar-refractivity contribution in [2.45, 2.75) is 32.4 Å². The topological polar surface area (TPSA) is 23.6 Å². The van der Waals surface area contributed by atoms with E-state index < -0.39 is 17.2 Å². The van der Waals surface area contributed by atoms with E-state index in [4.69, 9.17) is 12.2 Å². The first-order valence-electron chi connectivity index (χ1n) is 8.40. The number of nitrogens with zero attached hydrogens (tertiary/aromatic N) is 2. The van der Waals surface area contributed by atoms with E-state index in [9.17, 15) is 18.0 Å². The summed E-state index contributed by atoms with van der Waals surface area (Å²) < 4.78 is 39.7. The number of hydrogen-bond donors (Lipinski definition) is 0. The lowest BCUT2D eigenvalue weighted by atomic mass is 9.83. The molecule has 0 radical (unpaired) electrons. The molecule has 0 atom stereocenters. The maximum atomic E-state index is 13.1. The first-order valence-corrected chi connectivity index (χ1v) is 9.62. The SMILES string of the molecule is CCN1C(=O)/C(=C\C=C2/N(C)c3cc(C(F)(F)F)ccc3C2(C)C)SC1=S. The summed E-state index contributed by atoms with van der Waals surface area (Å²) in [7, 11) is 1.74. The van der Waals surface area contributed by atoms with Crippen LogP contribution in [0, 0.1) is 0 Å². The Morgan fingerprint density at radius 3 is 2.48 bits per heavy atom. The van der Waals surface area contributed by atoms with Crippen molar-refractivity contribution in [2.24, 2.45) is 0 Å². The van der Waals surface area contributed by atoms with Crippen LogP contribution in [0.1, 0.15) is 31.9 Å². The third-order valence-corrected chi connectivity index (χ3v) is 6.34. The minimum absolute atomic E-state index is 0.139. The molecule has 1 aromatic carbocycles. The zero-order chi connectivity index (χ0) is 20.1. The molecular formula is C19H19F3N2OS2. The summed E-state index contributed by atoms with van der Waals surface area (Å²) in [5.41, 5.74) is 1.00. The van der Waals surface area contributed by atoms with Crippen LogP contribution in [-0.4, -0.2) is 28.7 Å². The van der Waals surface area contributed by atoms with Gasteiger partial charge >= 0.3 is 6.18 Å². The lowest BCUT2D eigenvalue weighted by Crippen LogP contribution is -2.27. The molecule has 2 heterocycles. The average Bonchev–Trinajstić information content (AvgIpc) is 2.96. The second-order valence-electron chi connectivity index (χ2n) is 6.91. The molecule has 0 spiro atoms. The number of hydrogen-bond acceptors (Lipinski definition) is 4. The highest BCUT2D eigenvalue weighted by atomic mass is 32.2. The van der Waals surface area contributed by atoms with Gasteiger partial charge < -0.3 is 4.90 Å². The van der Waals surface area contributed by atoms with Gasteiger partial charge in [-0.05, 0) is 36.8 Å². The third kappa shape index (κ3) is 3.29. The molecule has 8 heteroatoms. The van der Waals surface area contributed by atoms with Crippen molar-refractivity contribution in [3.05, 3.63) is 52.1 Å². The Labute approximate surface area is 165 Å². The number of carbonyl (C=O) groups excluding carboxylic acids is 1. The lowest BCUT2D eigenvalue weighted by molar-refractivity contribution is -0.137. The van der Waals surface area contributed by atoms with Crippen LogP contribution in [0.2, 0.25) is 0 Å². The van der Waals surface area contributed by atoms with Gasteiger partial charge in [0.25, 0.3) is 5.91 Å². The van der Waals surface area contributed by atoms with Crippen molar-refractivity contribution in [3.8, 4) is 0 Å². The van der Waals surface area contributed by atoms with E-state index in [1.807, 2.05) is 20.8 Å². The van der Waals surface area contributed by atoms with Crippen molar-refractivity contribution in [3.63, 3.8) is 0 Å². The molecule has 1 amide bonds. The Morgan fingerprint density at radius 2 is 1.93 bits per heavy atom. The monoisotopic (exact) mass is 412 g/mol. The van der Waals surface area contributed by atoms with Crippen molar-refractivity contribution in [1.82, 2.24) is 4.90 Å². The number of rotatable bonds is 2. The van der Waals surface area contributed by atoms with Gasteiger partial charge in [0.2, 0.25) is 0 Å². The Bertz CT molecular complexity index is 887. The van der Waals surface area contributed by atoms with Gasteiger partial charge in [-0.15, -0.1) is 0 Å². The molecule has 144 valence electrons. The van der Waals surface area contributed by atoms with E-state index in [0.29, 0.717) is 21.5 Å². The van der Waals surface area contributed by atoms with Crippen LogP contribution < -0.4 is 4.90 Å². The second-order valence-corrected chi connectivity index (χ2v) is 8.59. The molecule has 0 aromatic heterocycles. The highest BCUT2D eigenvalue weighted by molar-refractivity contribution is 8.26. The summed E-state index contributed by atoms with van der Waals surface area (Å²) in [6.45, 7) is 6.28. The maximum absolute atomic E-state index is 13.1. The first-order chi connectivity index (χ1) is 12.5. The van der Waals surface area contributed by atoms with Crippen molar-refractivity contribution < 1.29 is 18.0 Å². The summed E-state index contributed by atoms with van der Waals surface area (Å²) in [5.74, 6) is -0.139. The van der Waals surface area contributed by atoms with Gasteiger partial charge in [0.15, 0.2) is 0 Å². The fraction of sp³-hybridized carbons (Fsp3) is 0.368. The van der Waals surface area contributed by atoms with E-state index in [1.54, 1.807) is 24.1 Å². The highest BCUT2D eigenvalue weighted by Gasteiger charge is 2.41. The van der Waals surface area contributed by atoms with Gasteiger partial charge in [-0.25, -0.2) is 0 Å². The molecule has 0 saturated carbocycles. The molecule has 0 bridgehead atoms. The molecule has 3 nitrogen and oxygen atoms in total. The van der Waals surface area contributed by atoms with Crippen LogP contribution in [0.15, 0.2) is 41.0 Å². The minimum Gasteiger partial charge on any atom is -0.347 e. The van der Waals surface area contributed by atoms with Gasteiger partial charge in [-0.3, -0.25) is 9.69 Å². The molecular weight excluding hydrogens is 393 g/mol. The standard InChI is InChI=1S/C19H19F3N2OS2/c1-5-24-16(25)14(27-17(24)26)8-9-15-18(2,3)12-7-6-11(19(20,21)22)10-13(12)23(15)4/h6-10H,5H2,1-4H3/b14-8+,15-9-. The predicted octanol–water partition coefficient (Wildman–Crippen LogP) is 5.08. The second kappa shape index (κ2) is 6.67. The molecule has 0 unspecified atom stereocenters. The van der Waals surface area contributed by atoms with E-state index in [1.165, 1.54) is 28.8 Å². The van der Waals surface area contributed by atoms with Gasteiger partial charge in [-0.2, -0.15) is 13.2 Å². The molecule has 2 aliphatic rings. The first kappa shape index (κ1) is 19.9. The lowest BCUT2D eigenvalue weighted by Gasteiger charge is -2.23. The van der Waals surface area contributed by atoms with E-state index in [0.717, 1.165) is 17.3 Å². The summed E-state index contributed by atoms with van der Waals surface area (Å²) >= 11 is 6.44. The van der Waals surface area contributed by atoms with Crippen molar-refractivity contribution >= 4 is 39.9 Å². The van der Waals surface area contributed by atoms with Gasteiger partial charge in [0, 0.05) is 30.4 Å². The number of amides is 1. The summed E-state index contributed by atoms with van der Waals surface area (Å²) in [4.78, 5) is 16.1. The molecule has 2 aliphatic heterocycles. The van der Waals surface area contributed by atoms with E-state index in [2.05, 4.69) is 0 Å². The number of thiocarbonyl (C=S) groups is 1. The normalized spacial score (nSPS) is 22.3. The fourth-order valence-corrected chi connectivity index (χ4v) is 4.79. The molecule has 0 aliphatic carbocycles. The number of thioether (sulfide) groups is 1. The van der Waals surface area contributed by atoms with Crippen LogP contribution in [-0.2, 0) is 16.4 Å². The number of allylic oxidation sites excluding steroid dienone is 3. The number of benzene rings is 1. The van der Waals surface area contributed by atoms with Crippen molar-refractivity contribution in [2.75, 3.05) is 18.5 Å². The van der Waals surface area contributed by atoms with Crippen LogP contribution in [0.25, 0.3) is 0 Å². The molecule has 1 aromatic rings. The quantitative estimate of drug-likeness (QED) is 0.499. The van der Waals surface area contributed by atoms with E-state index >= 15 is 0 Å². The highest BCUT2D eigenvalue weighted by Crippen LogP contribution is 2.48. The Morgan fingerprint density at radius 1 is 1.26 bits per heavy atom. The average molecular weight is 413 g/mol.